The van der Waals surface area contributed by atoms with E-state index < -0.39 is 11.4 Å². The van der Waals surface area contributed by atoms with Crippen LogP contribution in [0.4, 0.5) is 5.13 Å². The van der Waals surface area contributed by atoms with Crippen LogP contribution in [0.25, 0.3) is 0 Å². The minimum Gasteiger partial charge on any atom is -0.464 e. The molecule has 31 heavy (non-hydrogen) atoms. The van der Waals surface area contributed by atoms with E-state index in [9.17, 15) is 14.4 Å². The van der Waals surface area contributed by atoms with E-state index >= 15 is 0 Å². The number of hydrogen-bond donors (Lipinski definition) is 1. The van der Waals surface area contributed by atoms with Gasteiger partial charge in [0, 0.05) is 12.5 Å². The first-order valence-electron chi connectivity index (χ1n) is 9.01. The largest absolute Gasteiger partial charge is 0.464 e. The van der Waals surface area contributed by atoms with Crippen LogP contribution < -0.4 is 25.0 Å². The molecule has 1 amide bonds. The molecule has 3 heterocycles. The summed E-state index contributed by atoms with van der Waals surface area (Å²) in [5.41, 5.74) is -0.283. The van der Waals surface area contributed by atoms with Gasteiger partial charge >= 0.3 is 5.97 Å². The minimum atomic E-state index is -0.719. The first kappa shape index (κ1) is 20.9. The van der Waals surface area contributed by atoms with Crippen LogP contribution in [0.2, 0.25) is 0 Å². The van der Waals surface area contributed by atoms with Crippen LogP contribution in [0, 0.1) is 0 Å². The molecule has 0 saturated carbocycles. The number of nitrogens with zero attached hydrogens (tertiary/aromatic N) is 2. The van der Waals surface area contributed by atoms with Crippen molar-refractivity contribution < 1.29 is 28.2 Å². The van der Waals surface area contributed by atoms with E-state index in [1.807, 2.05) is 0 Å². The lowest BCUT2D eigenvalue weighted by molar-refractivity contribution is -0.115. The van der Waals surface area contributed by atoms with E-state index in [1.54, 1.807) is 13.0 Å². The van der Waals surface area contributed by atoms with E-state index in [-0.39, 0.29) is 24.0 Å². The second-order valence-corrected chi connectivity index (χ2v) is 8.30. The maximum atomic E-state index is 12.3. The van der Waals surface area contributed by atoms with Crippen LogP contribution in [-0.4, -0.2) is 28.9 Å². The van der Waals surface area contributed by atoms with Crippen LogP contribution in [0.5, 0.6) is 17.2 Å². The zero-order valence-electron chi connectivity index (χ0n) is 16.1. The number of fused-ring (bicyclic) bond motifs is 1. The molecule has 1 aliphatic rings. The molecule has 0 aliphatic carbocycles. The number of nitrogens with one attached hydrogen (secondary N) is 1. The fourth-order valence-electron chi connectivity index (χ4n) is 2.43. The molecule has 10 nitrogen and oxygen atoms in total. The first-order chi connectivity index (χ1) is 15.0. The van der Waals surface area contributed by atoms with Crippen molar-refractivity contribution in [2.45, 2.75) is 23.4 Å². The first-order valence-corrected chi connectivity index (χ1v) is 10.8. The highest BCUT2D eigenvalue weighted by Gasteiger charge is 2.19. The van der Waals surface area contributed by atoms with Crippen molar-refractivity contribution in [1.29, 1.82) is 0 Å². The molecule has 0 fully saturated rings. The number of carbonyl (C=O) groups excluding carboxylic acids is 2. The maximum absolute atomic E-state index is 12.3. The number of thioether (sulfide) groups is 1. The lowest BCUT2D eigenvalue weighted by atomic mass is 10.2. The van der Waals surface area contributed by atoms with Gasteiger partial charge in [-0.3, -0.25) is 9.59 Å². The van der Waals surface area contributed by atoms with Crippen LogP contribution in [-0.2, 0) is 10.5 Å². The number of benzene rings is 1. The Morgan fingerprint density at radius 2 is 2.06 bits per heavy atom. The van der Waals surface area contributed by atoms with Crippen LogP contribution >= 0.6 is 23.1 Å². The monoisotopic (exact) mass is 461 g/mol. The quantitative estimate of drug-likeness (QED) is 0.318. The van der Waals surface area contributed by atoms with Gasteiger partial charge in [-0.25, -0.2) is 4.79 Å². The van der Waals surface area contributed by atoms with Gasteiger partial charge in [0.2, 0.25) is 29.0 Å². The predicted octanol–water partition coefficient (Wildman–Crippen LogP) is 3.08. The summed E-state index contributed by atoms with van der Waals surface area (Å²) in [7, 11) is 0. The molecule has 0 saturated heterocycles. The third kappa shape index (κ3) is 5.03. The Morgan fingerprint density at radius 3 is 2.87 bits per heavy atom. The molecule has 1 aliphatic heterocycles. The SMILES string of the molecule is CCC(=O)Nc1nnc(SCc2cc(=O)c(OC(=O)c3ccc4c(c3)OCO4)co2)s1. The molecule has 0 spiro atoms. The van der Waals surface area contributed by atoms with Crippen LogP contribution in [0.3, 0.4) is 0 Å². The summed E-state index contributed by atoms with van der Waals surface area (Å²) in [6.07, 6.45) is 1.44. The molecule has 160 valence electrons. The molecule has 0 unspecified atom stereocenters. The van der Waals surface area contributed by atoms with Crippen LogP contribution in [0.1, 0.15) is 29.5 Å². The van der Waals surface area contributed by atoms with Gasteiger partial charge < -0.3 is 23.9 Å². The second-order valence-electron chi connectivity index (χ2n) is 6.10. The second kappa shape index (κ2) is 9.18. The Labute approximate surface area is 183 Å². The van der Waals surface area contributed by atoms with Crippen molar-refractivity contribution in [1.82, 2.24) is 10.2 Å². The van der Waals surface area contributed by atoms with Crippen molar-refractivity contribution in [2.24, 2.45) is 0 Å². The summed E-state index contributed by atoms with van der Waals surface area (Å²) in [4.78, 5) is 36.0. The Hall–Kier alpha value is -3.38. The highest BCUT2D eigenvalue weighted by molar-refractivity contribution is 8.00. The summed E-state index contributed by atoms with van der Waals surface area (Å²) < 4.78 is 21.6. The Bertz CT molecular complexity index is 1190. The fourth-order valence-corrected chi connectivity index (χ4v) is 4.09. The van der Waals surface area contributed by atoms with Crippen molar-refractivity contribution in [3.8, 4) is 17.2 Å². The predicted molar refractivity (Wildman–Crippen MR) is 111 cm³/mol. The van der Waals surface area contributed by atoms with Crippen molar-refractivity contribution in [3.63, 3.8) is 0 Å². The average Bonchev–Trinajstić information content (AvgIpc) is 3.42. The Morgan fingerprint density at radius 1 is 1.23 bits per heavy atom. The highest BCUT2D eigenvalue weighted by atomic mass is 32.2. The summed E-state index contributed by atoms with van der Waals surface area (Å²) in [6.45, 7) is 1.83. The number of esters is 1. The molecule has 0 atom stereocenters. The van der Waals surface area contributed by atoms with Gasteiger partial charge in [-0.05, 0) is 18.2 Å². The molecule has 3 aromatic rings. The average molecular weight is 461 g/mol. The van der Waals surface area contributed by atoms with Gasteiger partial charge in [-0.1, -0.05) is 30.0 Å². The molecular weight excluding hydrogens is 446 g/mol. The molecule has 1 N–H and O–H groups in total. The number of carbonyl (C=O) groups is 2. The number of ether oxygens (including phenoxy) is 3. The fraction of sp³-hybridized carbons (Fsp3) is 0.211. The lowest BCUT2D eigenvalue weighted by Gasteiger charge is -2.05. The molecular formula is C19H15N3O7S2. The van der Waals surface area contributed by atoms with Crippen molar-refractivity contribution in [3.05, 3.63) is 52.1 Å². The summed E-state index contributed by atoms with van der Waals surface area (Å²) in [5.74, 6) is 0.551. The minimum absolute atomic E-state index is 0.0860. The van der Waals surface area contributed by atoms with Gasteiger partial charge in [-0.2, -0.15) is 0 Å². The standard InChI is InChI=1S/C19H15N3O7S2/c1-2-16(24)20-18-21-22-19(31-18)30-8-11-6-12(23)15(7-26-11)29-17(25)10-3-4-13-14(5-10)28-9-27-13/h3-7H,2,8-9H2,1H3,(H,20,21,24). The summed E-state index contributed by atoms with van der Waals surface area (Å²) in [5, 5.41) is 10.9. The van der Waals surface area contributed by atoms with E-state index in [2.05, 4.69) is 15.5 Å². The lowest BCUT2D eigenvalue weighted by Crippen LogP contribution is -2.14. The third-order valence-corrected chi connectivity index (χ3v) is 5.97. The number of rotatable bonds is 7. The Balaban J connectivity index is 1.36. The molecule has 12 heteroatoms. The maximum Gasteiger partial charge on any atom is 0.343 e. The molecule has 2 aromatic heterocycles. The third-order valence-electron chi connectivity index (χ3n) is 3.98. The van der Waals surface area contributed by atoms with Crippen LogP contribution in [0.15, 0.2) is 44.1 Å². The number of hydrogen-bond acceptors (Lipinski definition) is 11. The topological polar surface area (TPSA) is 130 Å². The number of anilines is 1. The van der Waals surface area contributed by atoms with Gasteiger partial charge in [-0.15, -0.1) is 10.2 Å². The molecule has 4 rings (SSSR count). The molecule has 0 bridgehead atoms. The zero-order chi connectivity index (χ0) is 21.8. The number of amides is 1. The van der Waals surface area contributed by atoms with Gasteiger partial charge in [0.05, 0.1) is 11.3 Å². The van der Waals surface area contributed by atoms with E-state index in [1.165, 1.54) is 41.3 Å². The Kier molecular flexibility index (Phi) is 6.18. The van der Waals surface area contributed by atoms with Crippen molar-refractivity contribution >= 4 is 40.1 Å². The molecule has 0 radical (unpaired) electrons. The normalized spacial score (nSPS) is 11.9. The number of aromatic nitrogens is 2. The van der Waals surface area contributed by atoms with E-state index in [0.29, 0.717) is 38.9 Å². The summed E-state index contributed by atoms with van der Waals surface area (Å²) >= 11 is 2.51. The van der Waals surface area contributed by atoms with E-state index in [0.717, 1.165) is 6.26 Å². The van der Waals surface area contributed by atoms with Gasteiger partial charge in [0.1, 0.15) is 12.0 Å². The van der Waals surface area contributed by atoms with E-state index in [4.69, 9.17) is 18.6 Å². The highest BCUT2D eigenvalue weighted by Crippen LogP contribution is 2.33. The molecule has 1 aromatic carbocycles. The van der Waals surface area contributed by atoms with Gasteiger partial charge in [0.15, 0.2) is 15.8 Å². The summed E-state index contributed by atoms with van der Waals surface area (Å²) in [6, 6.07) is 5.84. The smallest absolute Gasteiger partial charge is 0.343 e. The van der Waals surface area contributed by atoms with Gasteiger partial charge in [0.25, 0.3) is 0 Å². The van der Waals surface area contributed by atoms with Crippen molar-refractivity contribution in [2.75, 3.05) is 12.1 Å². The zero-order valence-corrected chi connectivity index (χ0v) is 17.7.